The predicted molar refractivity (Wildman–Crippen MR) is 134 cm³/mol. The minimum atomic E-state index is -0.230. The van der Waals surface area contributed by atoms with Gasteiger partial charge in [-0.05, 0) is 74.5 Å². The number of nitrogens with two attached hydrogens (primary N) is 1. The van der Waals surface area contributed by atoms with E-state index >= 15 is 0 Å². The van der Waals surface area contributed by atoms with Crippen LogP contribution in [-0.2, 0) is 0 Å². The molecule has 2 aromatic carbocycles. The van der Waals surface area contributed by atoms with Crippen molar-refractivity contribution in [2.24, 2.45) is 0 Å². The van der Waals surface area contributed by atoms with E-state index in [1.807, 2.05) is 60.7 Å². The average Bonchev–Trinajstić information content (AvgIpc) is 3.17. The van der Waals surface area contributed by atoms with E-state index in [4.69, 9.17) is 15.5 Å². The van der Waals surface area contributed by atoms with E-state index in [-0.39, 0.29) is 5.91 Å². The number of fused-ring (bicyclic) bond motifs is 1. The largest absolute Gasteiger partial charge is 0.497 e. The molecule has 0 aliphatic heterocycles. The van der Waals surface area contributed by atoms with Gasteiger partial charge in [0.25, 0.3) is 5.91 Å². The van der Waals surface area contributed by atoms with E-state index in [9.17, 15) is 4.79 Å². The first-order valence-electron chi connectivity index (χ1n) is 10.5. The lowest BCUT2D eigenvalue weighted by atomic mass is 10.1. The van der Waals surface area contributed by atoms with E-state index in [0.29, 0.717) is 10.6 Å². The fourth-order valence-electron chi connectivity index (χ4n) is 3.62. The molecule has 0 fully saturated rings. The molecule has 6 nitrogen and oxygen atoms in total. The Morgan fingerprint density at radius 2 is 1.72 bits per heavy atom. The van der Waals surface area contributed by atoms with Crippen LogP contribution >= 0.6 is 11.3 Å². The quantitative estimate of drug-likeness (QED) is 0.383. The molecule has 0 bridgehead atoms. The highest BCUT2D eigenvalue weighted by molar-refractivity contribution is 7.21. The minimum Gasteiger partial charge on any atom is -0.497 e. The van der Waals surface area contributed by atoms with Crippen molar-refractivity contribution in [2.45, 2.75) is 13.8 Å². The summed E-state index contributed by atoms with van der Waals surface area (Å²) in [6, 6.07) is 19.4. The number of carbonyl (C=O) groups excluding carboxylic acids is 1. The van der Waals surface area contributed by atoms with Crippen LogP contribution < -0.4 is 20.7 Å². The number of hydrogen-bond acceptors (Lipinski definition) is 6. The number of benzene rings is 2. The summed E-state index contributed by atoms with van der Waals surface area (Å²) in [4.78, 5) is 21.1. The average molecular weight is 447 g/mol. The molecule has 0 spiro atoms. The fourth-order valence-corrected chi connectivity index (χ4v) is 4.61. The fraction of sp³-hybridized carbons (Fsp3) is 0.200. The number of ether oxygens (including phenoxy) is 1. The highest BCUT2D eigenvalue weighted by atomic mass is 32.1. The van der Waals surface area contributed by atoms with Crippen molar-refractivity contribution in [3.63, 3.8) is 0 Å². The van der Waals surface area contributed by atoms with Crippen molar-refractivity contribution in [2.75, 3.05) is 36.1 Å². The van der Waals surface area contributed by atoms with E-state index in [0.717, 1.165) is 51.7 Å². The molecule has 7 heteroatoms. The van der Waals surface area contributed by atoms with Crippen molar-refractivity contribution in [3.8, 4) is 17.0 Å². The molecule has 164 valence electrons. The Morgan fingerprint density at radius 3 is 2.34 bits per heavy atom. The highest BCUT2D eigenvalue weighted by Crippen LogP contribution is 2.35. The number of nitrogen functional groups attached to an aromatic ring is 1. The first-order chi connectivity index (χ1) is 15.5. The van der Waals surface area contributed by atoms with E-state index in [1.54, 1.807) is 7.11 Å². The molecule has 4 aromatic rings. The van der Waals surface area contributed by atoms with Crippen molar-refractivity contribution >= 4 is 44.5 Å². The van der Waals surface area contributed by atoms with Gasteiger partial charge in [-0.2, -0.15) is 0 Å². The second-order valence-electron chi connectivity index (χ2n) is 7.30. The zero-order valence-electron chi connectivity index (χ0n) is 18.4. The maximum Gasteiger partial charge on any atom is 0.267 e. The van der Waals surface area contributed by atoms with Gasteiger partial charge in [-0.3, -0.25) is 4.79 Å². The van der Waals surface area contributed by atoms with Crippen LogP contribution in [0.3, 0.4) is 0 Å². The van der Waals surface area contributed by atoms with Crippen molar-refractivity contribution in [1.82, 2.24) is 4.98 Å². The molecule has 3 N–H and O–H groups in total. The lowest BCUT2D eigenvalue weighted by Crippen LogP contribution is -2.21. The molecule has 0 atom stereocenters. The zero-order chi connectivity index (χ0) is 22.7. The van der Waals surface area contributed by atoms with Crippen molar-refractivity contribution < 1.29 is 9.53 Å². The van der Waals surface area contributed by atoms with E-state index < -0.39 is 0 Å². The Labute approximate surface area is 191 Å². The lowest BCUT2D eigenvalue weighted by Gasteiger charge is -2.21. The van der Waals surface area contributed by atoms with Crippen molar-refractivity contribution in [1.29, 1.82) is 0 Å². The second kappa shape index (κ2) is 9.28. The minimum absolute atomic E-state index is 0.230. The van der Waals surface area contributed by atoms with E-state index in [2.05, 4.69) is 24.1 Å². The highest BCUT2D eigenvalue weighted by Gasteiger charge is 2.18. The first kappa shape index (κ1) is 21.6. The number of pyridine rings is 1. The molecular formula is C25H26N4O2S. The number of thiophene rings is 1. The van der Waals surface area contributed by atoms with Crippen molar-refractivity contribution in [3.05, 3.63) is 65.5 Å². The molecule has 2 aromatic heterocycles. The molecule has 0 saturated heterocycles. The van der Waals surface area contributed by atoms with Gasteiger partial charge in [0, 0.05) is 35.4 Å². The van der Waals surface area contributed by atoms with E-state index in [1.165, 1.54) is 11.3 Å². The number of aromatic nitrogens is 1. The molecule has 4 rings (SSSR count). The molecule has 0 aliphatic carbocycles. The topological polar surface area (TPSA) is 80.5 Å². The van der Waals surface area contributed by atoms with Gasteiger partial charge < -0.3 is 20.7 Å². The second-order valence-corrected chi connectivity index (χ2v) is 8.29. The molecule has 32 heavy (non-hydrogen) atoms. The van der Waals surface area contributed by atoms with Gasteiger partial charge in [0.1, 0.15) is 15.5 Å². The normalized spacial score (nSPS) is 10.8. The Balaban J connectivity index is 1.57. The van der Waals surface area contributed by atoms with Gasteiger partial charge in [0.2, 0.25) is 0 Å². The van der Waals surface area contributed by atoms with Gasteiger partial charge in [-0.1, -0.05) is 0 Å². The summed E-state index contributed by atoms with van der Waals surface area (Å²) in [5.74, 6) is 0.561. The SMILES string of the molecule is CCN(CC)c1ccc(NC(=O)c2sc3nc(-c4ccc(OC)cc4)ccc3c2N)cc1. The predicted octanol–water partition coefficient (Wildman–Crippen LogP) is 5.65. The lowest BCUT2D eigenvalue weighted by molar-refractivity contribution is 0.103. The smallest absolute Gasteiger partial charge is 0.267 e. The third-order valence-corrected chi connectivity index (χ3v) is 6.55. The Hall–Kier alpha value is -3.58. The number of hydrogen-bond donors (Lipinski definition) is 2. The standard InChI is InChI=1S/C25H26N4O2S/c1-4-29(5-2)18-10-8-17(9-11-18)27-24(30)23-22(26)20-14-15-21(28-25(20)32-23)16-6-12-19(31-3)13-7-16/h6-15H,4-5,26H2,1-3H3,(H,27,30). The summed E-state index contributed by atoms with van der Waals surface area (Å²) in [7, 11) is 1.64. The number of anilines is 3. The molecule has 2 heterocycles. The Morgan fingerprint density at radius 1 is 1.03 bits per heavy atom. The summed E-state index contributed by atoms with van der Waals surface area (Å²) in [5.41, 5.74) is 10.4. The van der Waals surface area contributed by atoms with Crippen LogP contribution in [0.1, 0.15) is 23.5 Å². The maximum atomic E-state index is 12.9. The third kappa shape index (κ3) is 4.24. The number of nitrogens with one attached hydrogen (secondary N) is 1. The zero-order valence-corrected chi connectivity index (χ0v) is 19.2. The van der Waals surface area contributed by atoms with Gasteiger partial charge in [0.15, 0.2) is 0 Å². The Bertz CT molecular complexity index is 1230. The molecule has 0 saturated carbocycles. The summed E-state index contributed by atoms with van der Waals surface area (Å²) in [6.07, 6.45) is 0. The van der Waals surface area contributed by atoms with Gasteiger partial charge >= 0.3 is 0 Å². The van der Waals surface area contributed by atoms with Crippen LogP contribution in [0.2, 0.25) is 0 Å². The van der Waals surface area contributed by atoms with Crippen LogP contribution in [0.15, 0.2) is 60.7 Å². The number of methoxy groups -OCH3 is 1. The molecule has 0 aliphatic rings. The number of rotatable bonds is 7. The van der Waals surface area contributed by atoms with Crippen LogP contribution in [-0.4, -0.2) is 31.1 Å². The number of nitrogens with zero attached hydrogens (tertiary/aromatic N) is 2. The molecular weight excluding hydrogens is 420 g/mol. The summed E-state index contributed by atoms with van der Waals surface area (Å²) >= 11 is 1.30. The van der Waals surface area contributed by atoms with Crippen LogP contribution in [0, 0.1) is 0 Å². The molecule has 1 amide bonds. The maximum absolute atomic E-state index is 12.9. The summed E-state index contributed by atoms with van der Waals surface area (Å²) < 4.78 is 5.22. The van der Waals surface area contributed by atoms with Crippen LogP contribution in [0.4, 0.5) is 17.1 Å². The van der Waals surface area contributed by atoms with Crippen LogP contribution in [0.5, 0.6) is 5.75 Å². The van der Waals surface area contributed by atoms with Crippen LogP contribution in [0.25, 0.3) is 21.5 Å². The first-order valence-corrected chi connectivity index (χ1v) is 11.4. The monoisotopic (exact) mass is 446 g/mol. The number of carbonyl (C=O) groups is 1. The Kier molecular flexibility index (Phi) is 6.28. The molecule has 0 radical (unpaired) electrons. The van der Waals surface area contributed by atoms with Gasteiger partial charge in [0.05, 0.1) is 18.5 Å². The third-order valence-electron chi connectivity index (χ3n) is 5.44. The molecule has 0 unspecified atom stereocenters. The van der Waals surface area contributed by atoms with Gasteiger partial charge in [-0.15, -0.1) is 11.3 Å². The summed E-state index contributed by atoms with van der Waals surface area (Å²) in [6.45, 7) is 6.12. The summed E-state index contributed by atoms with van der Waals surface area (Å²) in [5, 5.41) is 3.74. The van der Waals surface area contributed by atoms with Gasteiger partial charge in [-0.25, -0.2) is 4.98 Å². The number of amides is 1.